The van der Waals surface area contributed by atoms with Crippen LogP contribution in [0.2, 0.25) is 0 Å². The van der Waals surface area contributed by atoms with Gasteiger partial charge in [0.15, 0.2) is 0 Å². The summed E-state index contributed by atoms with van der Waals surface area (Å²) in [5, 5.41) is 10.8. The topological polar surface area (TPSA) is 85.7 Å². The van der Waals surface area contributed by atoms with Gasteiger partial charge in [-0.3, -0.25) is 0 Å². The Balaban J connectivity index is 1.69. The van der Waals surface area contributed by atoms with Crippen molar-refractivity contribution in [1.82, 2.24) is 0 Å². The molecule has 0 spiro atoms. The van der Waals surface area contributed by atoms with Crippen LogP contribution in [0.15, 0.2) is 57.7 Å². The number of ether oxygens (including phenoxy) is 1. The molecule has 1 aromatic heterocycles. The second-order valence-electron chi connectivity index (χ2n) is 5.24. The molecule has 3 rings (SSSR count). The first-order chi connectivity index (χ1) is 11.1. The van der Waals surface area contributed by atoms with Crippen molar-refractivity contribution in [1.29, 1.82) is 0 Å². The summed E-state index contributed by atoms with van der Waals surface area (Å²) in [7, 11) is 0. The standard InChI is InChI=1S/C18H17NO4/c19-12-5-3-6-13(11-12)22-10-4-8-15-17(20)14-7-1-2-9-16(14)23-18(15)21/h1-3,5-7,9,11,20H,4,8,10,19H2. The minimum Gasteiger partial charge on any atom is -0.507 e. The summed E-state index contributed by atoms with van der Waals surface area (Å²) in [6, 6.07) is 14.1. The average molecular weight is 311 g/mol. The fraction of sp³-hybridized carbons (Fsp3) is 0.167. The number of aromatic hydroxyl groups is 1. The molecule has 0 aliphatic heterocycles. The summed E-state index contributed by atoms with van der Waals surface area (Å²) in [6.45, 7) is 0.412. The van der Waals surface area contributed by atoms with Crippen LogP contribution in [0.25, 0.3) is 11.0 Å². The first-order valence-electron chi connectivity index (χ1n) is 7.37. The summed E-state index contributed by atoms with van der Waals surface area (Å²) in [4.78, 5) is 12.0. The van der Waals surface area contributed by atoms with Gasteiger partial charge >= 0.3 is 5.63 Å². The van der Waals surface area contributed by atoms with E-state index in [4.69, 9.17) is 14.9 Å². The van der Waals surface area contributed by atoms with Crippen molar-refractivity contribution in [2.75, 3.05) is 12.3 Å². The number of rotatable bonds is 5. The number of nitrogen functional groups attached to an aromatic ring is 1. The normalized spacial score (nSPS) is 10.8. The van der Waals surface area contributed by atoms with Crippen LogP contribution in [0, 0.1) is 0 Å². The van der Waals surface area contributed by atoms with Gasteiger partial charge in [-0.1, -0.05) is 18.2 Å². The van der Waals surface area contributed by atoms with E-state index in [1.165, 1.54) is 0 Å². The fourth-order valence-electron chi connectivity index (χ4n) is 2.44. The number of nitrogens with two attached hydrogens (primary N) is 1. The van der Waals surface area contributed by atoms with Gasteiger partial charge in [0.2, 0.25) is 0 Å². The first-order valence-corrected chi connectivity index (χ1v) is 7.37. The predicted octanol–water partition coefficient (Wildman–Crippen LogP) is 3.09. The van der Waals surface area contributed by atoms with Crippen LogP contribution in [-0.4, -0.2) is 11.7 Å². The Morgan fingerprint density at radius 2 is 1.96 bits per heavy atom. The van der Waals surface area contributed by atoms with Crippen molar-refractivity contribution in [2.45, 2.75) is 12.8 Å². The maximum atomic E-state index is 12.0. The molecule has 118 valence electrons. The second kappa shape index (κ2) is 6.44. The molecule has 0 amide bonds. The van der Waals surface area contributed by atoms with Crippen molar-refractivity contribution in [3.63, 3.8) is 0 Å². The van der Waals surface area contributed by atoms with E-state index in [1.807, 2.05) is 12.1 Å². The molecule has 0 saturated heterocycles. The summed E-state index contributed by atoms with van der Waals surface area (Å²) >= 11 is 0. The Hall–Kier alpha value is -2.95. The van der Waals surface area contributed by atoms with Gasteiger partial charge in [-0.25, -0.2) is 4.79 Å². The van der Waals surface area contributed by atoms with E-state index in [9.17, 15) is 9.90 Å². The van der Waals surface area contributed by atoms with E-state index in [0.29, 0.717) is 41.9 Å². The third kappa shape index (κ3) is 3.29. The smallest absolute Gasteiger partial charge is 0.343 e. The maximum Gasteiger partial charge on any atom is 0.343 e. The van der Waals surface area contributed by atoms with E-state index in [0.717, 1.165) is 0 Å². The Bertz CT molecular complexity index is 886. The van der Waals surface area contributed by atoms with Crippen LogP contribution in [0.1, 0.15) is 12.0 Å². The van der Waals surface area contributed by atoms with E-state index < -0.39 is 5.63 Å². The van der Waals surface area contributed by atoms with Crippen molar-refractivity contribution in [3.05, 3.63) is 64.5 Å². The van der Waals surface area contributed by atoms with Crippen LogP contribution < -0.4 is 16.1 Å². The molecule has 0 saturated carbocycles. The molecule has 3 N–H and O–H groups in total. The molecule has 2 aromatic carbocycles. The molecule has 0 bridgehead atoms. The monoisotopic (exact) mass is 311 g/mol. The number of benzene rings is 2. The lowest BCUT2D eigenvalue weighted by Crippen LogP contribution is -2.10. The van der Waals surface area contributed by atoms with Crippen molar-refractivity contribution in [3.8, 4) is 11.5 Å². The lowest BCUT2D eigenvalue weighted by molar-refractivity contribution is 0.309. The van der Waals surface area contributed by atoms with Crippen molar-refractivity contribution in [2.24, 2.45) is 0 Å². The quantitative estimate of drug-likeness (QED) is 0.429. The van der Waals surface area contributed by atoms with Crippen LogP contribution >= 0.6 is 0 Å². The Morgan fingerprint density at radius 3 is 2.78 bits per heavy atom. The zero-order valence-corrected chi connectivity index (χ0v) is 12.5. The lowest BCUT2D eigenvalue weighted by Gasteiger charge is -2.08. The summed E-state index contributed by atoms with van der Waals surface area (Å²) in [5.74, 6) is 0.667. The largest absolute Gasteiger partial charge is 0.507 e. The summed E-state index contributed by atoms with van der Waals surface area (Å²) in [5.41, 5.74) is 6.47. The molecule has 0 fully saturated rings. The molecule has 3 aromatic rings. The minimum absolute atomic E-state index is 0.0131. The molecule has 0 aliphatic carbocycles. The molecular weight excluding hydrogens is 294 g/mol. The predicted molar refractivity (Wildman–Crippen MR) is 88.8 cm³/mol. The van der Waals surface area contributed by atoms with Gasteiger partial charge in [-0.2, -0.15) is 0 Å². The second-order valence-corrected chi connectivity index (χ2v) is 5.24. The SMILES string of the molecule is Nc1cccc(OCCCc2c(O)c3ccccc3oc2=O)c1. The number of anilines is 1. The first kappa shape index (κ1) is 15.0. The fourth-order valence-corrected chi connectivity index (χ4v) is 2.44. The zero-order valence-electron chi connectivity index (χ0n) is 12.5. The number of para-hydroxylation sites is 1. The molecule has 0 aliphatic rings. The highest BCUT2D eigenvalue weighted by Gasteiger charge is 2.13. The molecule has 5 nitrogen and oxygen atoms in total. The molecule has 5 heteroatoms. The van der Waals surface area contributed by atoms with E-state index in [2.05, 4.69) is 0 Å². The highest BCUT2D eigenvalue weighted by Crippen LogP contribution is 2.26. The minimum atomic E-state index is -0.509. The van der Waals surface area contributed by atoms with Crippen LogP contribution in [0.4, 0.5) is 5.69 Å². The number of hydrogen-bond acceptors (Lipinski definition) is 5. The third-order valence-corrected chi connectivity index (χ3v) is 3.58. The van der Waals surface area contributed by atoms with Gasteiger partial charge in [0.25, 0.3) is 0 Å². The Labute approximate surface area is 132 Å². The Kier molecular flexibility index (Phi) is 4.19. The number of fused-ring (bicyclic) bond motifs is 1. The Morgan fingerprint density at radius 1 is 1.13 bits per heavy atom. The van der Waals surface area contributed by atoms with E-state index in [1.54, 1.807) is 36.4 Å². The molecule has 0 radical (unpaired) electrons. The summed E-state index contributed by atoms with van der Waals surface area (Å²) < 4.78 is 10.8. The molecule has 1 heterocycles. The maximum absolute atomic E-state index is 12.0. The van der Waals surface area contributed by atoms with Crippen LogP contribution in [0.5, 0.6) is 11.5 Å². The highest BCUT2D eigenvalue weighted by molar-refractivity contribution is 5.83. The van der Waals surface area contributed by atoms with Crippen molar-refractivity contribution < 1.29 is 14.3 Å². The van der Waals surface area contributed by atoms with E-state index >= 15 is 0 Å². The van der Waals surface area contributed by atoms with Gasteiger partial charge in [-0.05, 0) is 37.1 Å². The van der Waals surface area contributed by atoms with Gasteiger partial charge in [0.05, 0.1) is 17.6 Å². The van der Waals surface area contributed by atoms with Gasteiger partial charge in [0, 0.05) is 11.8 Å². The zero-order chi connectivity index (χ0) is 16.2. The summed E-state index contributed by atoms with van der Waals surface area (Å²) in [6.07, 6.45) is 0.951. The molecule has 0 unspecified atom stereocenters. The van der Waals surface area contributed by atoms with E-state index in [-0.39, 0.29) is 11.3 Å². The van der Waals surface area contributed by atoms with Gasteiger partial charge < -0.3 is 20.0 Å². The van der Waals surface area contributed by atoms with Crippen molar-refractivity contribution >= 4 is 16.7 Å². The lowest BCUT2D eigenvalue weighted by atomic mass is 10.1. The average Bonchev–Trinajstić information content (AvgIpc) is 2.54. The number of hydrogen-bond donors (Lipinski definition) is 2. The highest BCUT2D eigenvalue weighted by atomic mass is 16.5. The van der Waals surface area contributed by atoms with Crippen LogP contribution in [-0.2, 0) is 6.42 Å². The molecule has 23 heavy (non-hydrogen) atoms. The van der Waals surface area contributed by atoms with Gasteiger partial charge in [0.1, 0.15) is 17.1 Å². The molecular formula is C18H17NO4. The molecule has 0 atom stereocenters. The third-order valence-electron chi connectivity index (χ3n) is 3.58. The van der Waals surface area contributed by atoms with Crippen LogP contribution in [0.3, 0.4) is 0 Å². The van der Waals surface area contributed by atoms with Gasteiger partial charge in [-0.15, -0.1) is 0 Å².